The molecular formula is C19H23ClN2O3S. The van der Waals surface area contributed by atoms with Crippen molar-refractivity contribution in [2.75, 3.05) is 17.6 Å². The second-order valence-corrected chi connectivity index (χ2v) is 8.61. The highest BCUT2D eigenvalue weighted by Gasteiger charge is 2.17. The van der Waals surface area contributed by atoms with Gasteiger partial charge in [-0.15, -0.1) is 0 Å². The fourth-order valence-electron chi connectivity index (χ4n) is 2.48. The third kappa shape index (κ3) is 4.77. The Labute approximate surface area is 160 Å². The van der Waals surface area contributed by atoms with Crippen LogP contribution < -0.4 is 9.62 Å². The highest BCUT2D eigenvalue weighted by atomic mass is 35.5. The average molecular weight is 395 g/mol. The molecule has 2 aromatic carbocycles. The molecule has 0 spiro atoms. The van der Waals surface area contributed by atoms with Crippen LogP contribution in [-0.2, 0) is 16.4 Å². The molecule has 0 bridgehead atoms. The van der Waals surface area contributed by atoms with Gasteiger partial charge in [-0.1, -0.05) is 42.8 Å². The zero-order valence-corrected chi connectivity index (χ0v) is 16.9. The summed E-state index contributed by atoms with van der Waals surface area (Å²) in [5, 5.41) is 3.11. The van der Waals surface area contributed by atoms with Gasteiger partial charge in [-0.2, -0.15) is 0 Å². The summed E-state index contributed by atoms with van der Waals surface area (Å²) in [6.07, 6.45) is 2.07. The van der Waals surface area contributed by atoms with Gasteiger partial charge in [0.2, 0.25) is 10.0 Å². The van der Waals surface area contributed by atoms with Crippen molar-refractivity contribution in [1.82, 2.24) is 5.32 Å². The van der Waals surface area contributed by atoms with E-state index in [1.165, 1.54) is 24.7 Å². The van der Waals surface area contributed by atoms with Crippen LogP contribution in [0.1, 0.15) is 41.4 Å². The number of amides is 1. The number of aryl methyl sites for hydroxylation is 1. The maximum Gasteiger partial charge on any atom is 0.253 e. The van der Waals surface area contributed by atoms with Crippen molar-refractivity contribution in [3.63, 3.8) is 0 Å². The van der Waals surface area contributed by atoms with Gasteiger partial charge in [0.25, 0.3) is 5.91 Å². The number of rotatable bonds is 6. The molecule has 26 heavy (non-hydrogen) atoms. The van der Waals surface area contributed by atoms with Gasteiger partial charge in [-0.3, -0.25) is 9.10 Å². The fraction of sp³-hybridized carbons (Fsp3) is 0.316. The lowest BCUT2D eigenvalue weighted by Crippen LogP contribution is -2.27. The van der Waals surface area contributed by atoms with Crippen LogP contribution in [0, 0.1) is 0 Å². The van der Waals surface area contributed by atoms with Gasteiger partial charge in [0.15, 0.2) is 0 Å². The molecule has 1 unspecified atom stereocenters. The molecule has 0 heterocycles. The van der Waals surface area contributed by atoms with Crippen molar-refractivity contribution in [3.8, 4) is 0 Å². The van der Waals surface area contributed by atoms with Gasteiger partial charge in [0, 0.05) is 7.05 Å². The molecule has 0 aliphatic heterocycles. The maximum atomic E-state index is 12.5. The topological polar surface area (TPSA) is 66.5 Å². The Kier molecular flexibility index (Phi) is 6.31. The number of sulfonamides is 1. The van der Waals surface area contributed by atoms with Crippen LogP contribution in [0.25, 0.3) is 0 Å². The van der Waals surface area contributed by atoms with Crippen LogP contribution in [0.2, 0.25) is 5.02 Å². The molecule has 0 radical (unpaired) electrons. The first-order valence-corrected chi connectivity index (χ1v) is 10.5. The second kappa shape index (κ2) is 8.10. The van der Waals surface area contributed by atoms with E-state index < -0.39 is 10.0 Å². The highest BCUT2D eigenvalue weighted by molar-refractivity contribution is 7.92. The smallest absolute Gasteiger partial charge is 0.253 e. The van der Waals surface area contributed by atoms with E-state index in [1.54, 1.807) is 6.07 Å². The third-order valence-corrected chi connectivity index (χ3v) is 5.81. The minimum absolute atomic E-state index is 0.178. The zero-order chi connectivity index (χ0) is 19.5. The van der Waals surface area contributed by atoms with E-state index in [2.05, 4.69) is 12.2 Å². The number of carbonyl (C=O) groups excluding carboxylic acids is 1. The van der Waals surface area contributed by atoms with Gasteiger partial charge >= 0.3 is 0 Å². The van der Waals surface area contributed by atoms with Gasteiger partial charge in [-0.05, 0) is 42.7 Å². The molecule has 7 heteroatoms. The summed E-state index contributed by atoms with van der Waals surface area (Å²) in [7, 11) is -1.96. The van der Waals surface area contributed by atoms with Gasteiger partial charge in [0.1, 0.15) is 0 Å². The van der Waals surface area contributed by atoms with E-state index in [9.17, 15) is 13.2 Å². The lowest BCUT2D eigenvalue weighted by atomic mass is 10.0. The Hall–Kier alpha value is -2.05. The average Bonchev–Trinajstić information content (AvgIpc) is 2.60. The summed E-state index contributed by atoms with van der Waals surface area (Å²) in [5.74, 6) is -0.310. The Morgan fingerprint density at radius 2 is 1.81 bits per heavy atom. The van der Waals surface area contributed by atoms with Crippen molar-refractivity contribution < 1.29 is 13.2 Å². The van der Waals surface area contributed by atoms with Gasteiger partial charge < -0.3 is 5.32 Å². The normalized spacial score (nSPS) is 12.5. The Balaban J connectivity index is 2.16. The molecule has 1 amide bonds. The number of benzene rings is 2. The molecular weight excluding hydrogens is 372 g/mol. The largest absolute Gasteiger partial charge is 0.345 e. The summed E-state index contributed by atoms with van der Waals surface area (Å²) in [5.41, 5.74) is 2.94. The Morgan fingerprint density at radius 3 is 2.31 bits per heavy atom. The number of nitrogens with one attached hydrogen (secondary N) is 1. The SMILES string of the molecule is CCc1ccc(C(C)NC(=O)c2ccc(N(C)S(C)(=O)=O)cc2Cl)cc1. The standard InChI is InChI=1S/C19H23ClN2O3S/c1-5-14-6-8-15(9-7-14)13(2)21-19(23)17-11-10-16(12-18(17)20)22(3)26(4,24)25/h6-13H,5H2,1-4H3,(H,21,23). The highest BCUT2D eigenvalue weighted by Crippen LogP contribution is 2.25. The van der Waals surface area contributed by atoms with E-state index in [-0.39, 0.29) is 17.0 Å². The van der Waals surface area contributed by atoms with E-state index in [0.717, 1.165) is 22.5 Å². The van der Waals surface area contributed by atoms with Gasteiger partial charge in [-0.25, -0.2) is 8.42 Å². The Morgan fingerprint density at radius 1 is 1.19 bits per heavy atom. The van der Waals surface area contributed by atoms with Crippen molar-refractivity contribution >= 4 is 33.2 Å². The van der Waals surface area contributed by atoms with Crippen LogP contribution in [0.15, 0.2) is 42.5 Å². The number of anilines is 1. The van der Waals surface area contributed by atoms with E-state index in [1.807, 2.05) is 31.2 Å². The van der Waals surface area contributed by atoms with Crippen molar-refractivity contribution in [2.45, 2.75) is 26.3 Å². The molecule has 0 fully saturated rings. The monoisotopic (exact) mass is 394 g/mol. The van der Waals surface area contributed by atoms with Crippen molar-refractivity contribution in [3.05, 3.63) is 64.2 Å². The quantitative estimate of drug-likeness (QED) is 0.810. The number of hydrogen-bond donors (Lipinski definition) is 1. The Bertz CT molecular complexity index is 896. The second-order valence-electron chi connectivity index (χ2n) is 6.18. The minimum Gasteiger partial charge on any atom is -0.345 e. The van der Waals surface area contributed by atoms with Crippen LogP contribution >= 0.6 is 11.6 Å². The lowest BCUT2D eigenvalue weighted by Gasteiger charge is -2.18. The molecule has 0 saturated heterocycles. The molecule has 5 nitrogen and oxygen atoms in total. The molecule has 140 valence electrons. The maximum absolute atomic E-state index is 12.5. The summed E-state index contributed by atoms with van der Waals surface area (Å²) in [6.45, 7) is 3.99. The summed E-state index contributed by atoms with van der Waals surface area (Å²) >= 11 is 6.21. The van der Waals surface area contributed by atoms with Crippen LogP contribution in [-0.4, -0.2) is 27.6 Å². The molecule has 2 aromatic rings. The molecule has 0 aliphatic carbocycles. The minimum atomic E-state index is -3.39. The molecule has 1 N–H and O–H groups in total. The number of nitrogens with zero attached hydrogens (tertiary/aromatic N) is 1. The van der Waals surface area contributed by atoms with E-state index in [0.29, 0.717) is 11.3 Å². The number of halogens is 1. The predicted octanol–water partition coefficient (Wildman–Crippen LogP) is 3.79. The molecule has 0 aromatic heterocycles. The first-order valence-electron chi connectivity index (χ1n) is 8.26. The van der Waals surface area contributed by atoms with E-state index >= 15 is 0 Å². The number of carbonyl (C=O) groups is 1. The summed E-state index contributed by atoms with van der Waals surface area (Å²) in [6, 6.07) is 12.5. The molecule has 0 saturated carbocycles. The molecule has 0 aliphatic rings. The van der Waals surface area contributed by atoms with Crippen LogP contribution in [0.4, 0.5) is 5.69 Å². The molecule has 2 rings (SSSR count). The first kappa shape index (κ1) is 20.3. The van der Waals surface area contributed by atoms with E-state index in [4.69, 9.17) is 11.6 Å². The zero-order valence-electron chi connectivity index (χ0n) is 15.3. The van der Waals surface area contributed by atoms with Crippen molar-refractivity contribution in [1.29, 1.82) is 0 Å². The third-order valence-electron chi connectivity index (χ3n) is 4.29. The predicted molar refractivity (Wildman–Crippen MR) is 106 cm³/mol. The summed E-state index contributed by atoms with van der Waals surface area (Å²) < 4.78 is 24.3. The molecule has 1 atom stereocenters. The lowest BCUT2D eigenvalue weighted by molar-refractivity contribution is 0.0940. The van der Waals surface area contributed by atoms with Crippen LogP contribution in [0.5, 0.6) is 0 Å². The van der Waals surface area contributed by atoms with Crippen molar-refractivity contribution in [2.24, 2.45) is 0 Å². The number of hydrogen-bond acceptors (Lipinski definition) is 3. The van der Waals surface area contributed by atoms with Crippen LogP contribution in [0.3, 0.4) is 0 Å². The fourth-order valence-corrected chi connectivity index (χ4v) is 3.23. The summed E-state index contributed by atoms with van der Waals surface area (Å²) in [4.78, 5) is 12.5. The first-order chi connectivity index (χ1) is 12.1. The van der Waals surface area contributed by atoms with Gasteiger partial charge in [0.05, 0.1) is 28.6 Å².